The number of unbranched alkanes of at least 4 members (excludes halogenated alkanes) is 26. The van der Waals surface area contributed by atoms with Gasteiger partial charge in [0.25, 0.3) is 0 Å². The van der Waals surface area contributed by atoms with E-state index in [0.29, 0.717) is 6.42 Å². The van der Waals surface area contributed by atoms with E-state index in [1.54, 1.807) is 0 Å². The fourth-order valence-corrected chi connectivity index (χ4v) is 7.20. The lowest BCUT2D eigenvalue weighted by Gasteiger charge is -2.19. The van der Waals surface area contributed by atoms with Crippen LogP contribution in [-0.4, -0.2) is 49.3 Å². The van der Waals surface area contributed by atoms with Crippen LogP contribution in [0, 0.1) is 0 Å². The van der Waals surface area contributed by atoms with Crippen molar-refractivity contribution in [3.05, 3.63) is 24.3 Å². The van der Waals surface area contributed by atoms with Crippen LogP contribution >= 0.6 is 7.82 Å². The van der Waals surface area contributed by atoms with Crippen molar-refractivity contribution >= 4 is 19.8 Å². The summed E-state index contributed by atoms with van der Waals surface area (Å²) >= 11 is 0. The van der Waals surface area contributed by atoms with E-state index in [0.717, 1.165) is 38.5 Å². The molecule has 0 saturated carbocycles. The van der Waals surface area contributed by atoms with E-state index in [1.807, 2.05) is 0 Å². The lowest BCUT2D eigenvalue weighted by molar-refractivity contribution is -0.161. The fourth-order valence-electron chi connectivity index (χ4n) is 6.43. The van der Waals surface area contributed by atoms with Gasteiger partial charge in [-0.3, -0.25) is 18.6 Å². The number of carbonyl (C=O) groups excluding carboxylic acids is 2. The smallest absolute Gasteiger partial charge is 0.462 e. The topological polar surface area (TPSA) is 134 Å². The summed E-state index contributed by atoms with van der Waals surface area (Å²) in [4.78, 5) is 34.9. The van der Waals surface area contributed by atoms with E-state index in [-0.39, 0.29) is 38.6 Å². The maximum atomic E-state index is 12.6. The van der Waals surface area contributed by atoms with E-state index in [9.17, 15) is 19.0 Å². The van der Waals surface area contributed by atoms with Crippen molar-refractivity contribution in [2.45, 2.75) is 225 Å². The van der Waals surface area contributed by atoms with Crippen LogP contribution in [0.1, 0.15) is 219 Å². The number of phosphoric acid groups is 1. The second kappa shape index (κ2) is 42.1. The average Bonchev–Trinajstić information content (AvgIpc) is 3.17. The first-order valence-electron chi connectivity index (χ1n) is 22.8. The predicted octanol–water partition coefficient (Wildman–Crippen LogP) is 13.2. The third-order valence-corrected chi connectivity index (χ3v) is 10.8. The summed E-state index contributed by atoms with van der Waals surface area (Å²) in [6, 6.07) is 0. The van der Waals surface area contributed by atoms with Crippen LogP contribution in [0.2, 0.25) is 0 Å². The molecule has 0 aromatic heterocycles. The van der Waals surface area contributed by atoms with E-state index in [1.165, 1.54) is 148 Å². The molecule has 0 saturated heterocycles. The lowest BCUT2D eigenvalue weighted by Crippen LogP contribution is -2.29. The largest absolute Gasteiger partial charge is 0.472 e. The van der Waals surface area contributed by atoms with Crippen LogP contribution in [0.25, 0.3) is 0 Å². The monoisotopic (exact) mass is 800 g/mol. The number of nitrogens with two attached hydrogens (primary N) is 1. The standard InChI is InChI=1S/C45H86NO8P/c1-3-5-7-9-11-13-15-17-19-20-21-22-24-25-27-29-31-33-35-37-44(47)51-41-43(42-53-55(49,50)52-40-39-46)54-45(48)38-36-34-32-30-28-26-23-18-16-14-12-10-8-6-4-2/h11,13,17,19,43H,3-10,12,14-16,18,20-42,46H2,1-2H3,(H,49,50). The van der Waals surface area contributed by atoms with Crippen LogP contribution in [0.15, 0.2) is 24.3 Å². The summed E-state index contributed by atoms with van der Waals surface area (Å²) < 4.78 is 32.8. The molecular formula is C45H86NO8P. The van der Waals surface area contributed by atoms with Crippen molar-refractivity contribution < 1.29 is 37.6 Å². The van der Waals surface area contributed by atoms with Gasteiger partial charge in [-0.1, -0.05) is 186 Å². The van der Waals surface area contributed by atoms with Crippen LogP contribution in [0.4, 0.5) is 0 Å². The van der Waals surface area contributed by atoms with Gasteiger partial charge >= 0.3 is 19.8 Å². The SMILES string of the molecule is CCCCCC=CCC=CCCCCCCCCCCCC(=O)OCC(COP(=O)(O)OCCN)OC(=O)CCCCCCCCCCCCCCCCC. The molecule has 0 aliphatic heterocycles. The molecule has 0 bridgehead atoms. The first-order valence-corrected chi connectivity index (χ1v) is 24.3. The zero-order valence-electron chi connectivity index (χ0n) is 35.7. The molecule has 9 nitrogen and oxygen atoms in total. The molecule has 0 aromatic rings. The van der Waals surface area contributed by atoms with Crippen molar-refractivity contribution in [1.82, 2.24) is 0 Å². The highest BCUT2D eigenvalue weighted by atomic mass is 31.2. The Morgan fingerprint density at radius 1 is 0.545 bits per heavy atom. The zero-order chi connectivity index (χ0) is 40.3. The molecule has 0 fully saturated rings. The van der Waals surface area contributed by atoms with Gasteiger partial charge in [-0.15, -0.1) is 0 Å². The number of esters is 2. The highest BCUT2D eigenvalue weighted by Crippen LogP contribution is 2.43. The Labute approximate surface area is 338 Å². The Bertz CT molecular complexity index is 959. The molecule has 55 heavy (non-hydrogen) atoms. The Morgan fingerprint density at radius 2 is 0.945 bits per heavy atom. The summed E-state index contributed by atoms with van der Waals surface area (Å²) in [5, 5.41) is 0. The maximum Gasteiger partial charge on any atom is 0.472 e. The van der Waals surface area contributed by atoms with Crippen molar-refractivity contribution in [2.75, 3.05) is 26.4 Å². The van der Waals surface area contributed by atoms with E-state index >= 15 is 0 Å². The van der Waals surface area contributed by atoms with Gasteiger partial charge in [0, 0.05) is 19.4 Å². The number of rotatable bonds is 43. The zero-order valence-corrected chi connectivity index (χ0v) is 36.6. The number of hydrogen-bond donors (Lipinski definition) is 2. The highest BCUT2D eigenvalue weighted by Gasteiger charge is 2.26. The fraction of sp³-hybridized carbons (Fsp3) is 0.867. The van der Waals surface area contributed by atoms with Gasteiger partial charge in [0.2, 0.25) is 0 Å². The summed E-state index contributed by atoms with van der Waals surface area (Å²) in [6.07, 6.45) is 44.9. The van der Waals surface area contributed by atoms with Crippen LogP contribution < -0.4 is 5.73 Å². The molecule has 0 rings (SSSR count). The van der Waals surface area contributed by atoms with E-state index < -0.39 is 26.5 Å². The van der Waals surface area contributed by atoms with E-state index in [4.69, 9.17) is 24.3 Å². The highest BCUT2D eigenvalue weighted by molar-refractivity contribution is 7.47. The maximum absolute atomic E-state index is 12.6. The average molecular weight is 800 g/mol. The normalized spacial score (nSPS) is 13.5. The molecule has 0 amide bonds. The summed E-state index contributed by atoms with van der Waals surface area (Å²) in [7, 11) is -4.37. The summed E-state index contributed by atoms with van der Waals surface area (Å²) in [5.41, 5.74) is 5.35. The minimum absolute atomic E-state index is 0.0547. The van der Waals surface area contributed by atoms with Gasteiger partial charge < -0.3 is 20.1 Å². The molecule has 2 unspecified atom stereocenters. The lowest BCUT2D eigenvalue weighted by atomic mass is 10.0. The molecule has 0 aliphatic carbocycles. The Hall–Kier alpha value is -1.51. The summed E-state index contributed by atoms with van der Waals surface area (Å²) in [6.45, 7) is 3.73. The second-order valence-electron chi connectivity index (χ2n) is 15.3. The van der Waals surface area contributed by atoms with Crippen LogP contribution in [0.3, 0.4) is 0 Å². The molecule has 0 aromatic carbocycles. The molecule has 10 heteroatoms. The van der Waals surface area contributed by atoms with Gasteiger partial charge in [0.15, 0.2) is 6.10 Å². The third kappa shape index (κ3) is 41.9. The number of carbonyl (C=O) groups is 2. The Balaban J connectivity index is 4.09. The first-order chi connectivity index (χ1) is 26.8. The minimum atomic E-state index is -4.37. The number of ether oxygens (including phenoxy) is 2. The van der Waals surface area contributed by atoms with Crippen LogP contribution in [0.5, 0.6) is 0 Å². The molecule has 0 aliphatic rings. The van der Waals surface area contributed by atoms with E-state index in [2.05, 4.69) is 38.2 Å². The van der Waals surface area contributed by atoms with Gasteiger partial charge in [-0.05, 0) is 44.9 Å². The Kier molecular flexibility index (Phi) is 40.9. The van der Waals surface area contributed by atoms with Crippen molar-refractivity contribution in [1.29, 1.82) is 0 Å². The van der Waals surface area contributed by atoms with Crippen LogP contribution in [-0.2, 0) is 32.7 Å². The predicted molar refractivity (Wildman–Crippen MR) is 229 cm³/mol. The first kappa shape index (κ1) is 53.5. The van der Waals surface area contributed by atoms with Crippen molar-refractivity contribution in [3.8, 4) is 0 Å². The summed E-state index contributed by atoms with van der Waals surface area (Å²) in [5.74, 6) is -0.824. The number of hydrogen-bond acceptors (Lipinski definition) is 8. The molecule has 0 radical (unpaired) electrons. The van der Waals surface area contributed by atoms with Gasteiger partial charge in [0.1, 0.15) is 6.61 Å². The number of allylic oxidation sites excluding steroid dienone is 4. The molecule has 0 spiro atoms. The van der Waals surface area contributed by atoms with Crippen molar-refractivity contribution in [2.24, 2.45) is 5.73 Å². The molecular weight excluding hydrogens is 713 g/mol. The Morgan fingerprint density at radius 3 is 1.42 bits per heavy atom. The second-order valence-corrected chi connectivity index (χ2v) is 16.7. The number of phosphoric ester groups is 1. The molecule has 3 N–H and O–H groups in total. The quantitative estimate of drug-likeness (QED) is 0.0267. The molecule has 324 valence electrons. The van der Waals surface area contributed by atoms with Gasteiger partial charge in [-0.25, -0.2) is 4.57 Å². The minimum Gasteiger partial charge on any atom is -0.462 e. The van der Waals surface area contributed by atoms with Gasteiger partial charge in [0.05, 0.1) is 13.2 Å². The molecule has 2 atom stereocenters. The van der Waals surface area contributed by atoms with Crippen molar-refractivity contribution in [3.63, 3.8) is 0 Å². The van der Waals surface area contributed by atoms with Gasteiger partial charge in [-0.2, -0.15) is 0 Å². The third-order valence-electron chi connectivity index (χ3n) is 9.84. The molecule has 0 heterocycles.